The van der Waals surface area contributed by atoms with Crippen LogP contribution in [0.4, 0.5) is 4.39 Å². The van der Waals surface area contributed by atoms with Crippen LogP contribution < -0.4 is 4.74 Å². The van der Waals surface area contributed by atoms with E-state index in [1.165, 1.54) is 6.07 Å². The first-order valence-electron chi connectivity index (χ1n) is 8.84. The number of hydrogen-bond donors (Lipinski definition) is 0. The summed E-state index contributed by atoms with van der Waals surface area (Å²) < 4.78 is 25.7. The molecule has 0 bridgehead atoms. The Labute approximate surface area is 175 Å². The minimum absolute atomic E-state index is 0.0722. The molecule has 4 nitrogen and oxygen atoms in total. The summed E-state index contributed by atoms with van der Waals surface area (Å²) in [5.41, 5.74) is 1.95. The number of nitrogens with zero attached hydrogens (tertiary/aromatic N) is 1. The van der Waals surface area contributed by atoms with Gasteiger partial charge in [-0.2, -0.15) is 0 Å². The Balaban J connectivity index is 1.61. The molecule has 4 rings (SSSR count). The number of cyclic esters (lactones) is 1. The third-order valence-electron chi connectivity index (χ3n) is 4.28. The first-order valence-corrected chi connectivity index (χ1v) is 9.64. The van der Waals surface area contributed by atoms with Crippen LogP contribution in [0.15, 0.2) is 88.0 Å². The van der Waals surface area contributed by atoms with Crippen molar-refractivity contribution in [3.05, 3.63) is 105 Å². The molecule has 0 atom stereocenters. The van der Waals surface area contributed by atoms with E-state index in [1.807, 2.05) is 30.3 Å². The van der Waals surface area contributed by atoms with Crippen LogP contribution in [0.5, 0.6) is 5.75 Å². The number of carbonyl (C=O) groups is 1. The monoisotopic (exact) mass is 451 g/mol. The van der Waals surface area contributed by atoms with Crippen molar-refractivity contribution in [2.45, 2.75) is 6.61 Å². The highest BCUT2D eigenvalue weighted by atomic mass is 79.9. The number of aliphatic imine (C=N–C) groups is 1. The van der Waals surface area contributed by atoms with E-state index in [9.17, 15) is 9.18 Å². The first-order chi connectivity index (χ1) is 14.1. The first kappa shape index (κ1) is 19.1. The molecule has 1 heterocycles. The molecule has 0 saturated heterocycles. The van der Waals surface area contributed by atoms with Crippen LogP contribution in [0.1, 0.15) is 16.7 Å². The zero-order chi connectivity index (χ0) is 20.2. The van der Waals surface area contributed by atoms with E-state index in [4.69, 9.17) is 9.47 Å². The number of esters is 1. The lowest BCUT2D eigenvalue weighted by Crippen LogP contribution is -2.06. The molecule has 29 heavy (non-hydrogen) atoms. The molecule has 0 radical (unpaired) electrons. The van der Waals surface area contributed by atoms with E-state index in [0.29, 0.717) is 22.4 Å². The van der Waals surface area contributed by atoms with Gasteiger partial charge < -0.3 is 9.47 Å². The minimum atomic E-state index is -0.542. The van der Waals surface area contributed by atoms with Crippen LogP contribution in [0.3, 0.4) is 0 Å². The Hall–Kier alpha value is -3.25. The molecule has 0 amide bonds. The van der Waals surface area contributed by atoms with Gasteiger partial charge in [-0.25, -0.2) is 14.2 Å². The van der Waals surface area contributed by atoms with Crippen molar-refractivity contribution < 1.29 is 18.7 Å². The maximum Gasteiger partial charge on any atom is 0.363 e. The Morgan fingerprint density at radius 2 is 1.72 bits per heavy atom. The molecule has 0 aliphatic carbocycles. The second-order valence-electron chi connectivity index (χ2n) is 6.23. The van der Waals surface area contributed by atoms with Crippen LogP contribution >= 0.6 is 15.9 Å². The molecule has 0 fully saturated rings. The predicted molar refractivity (Wildman–Crippen MR) is 112 cm³/mol. The molecule has 0 saturated carbocycles. The molecule has 1 aliphatic rings. The molecule has 0 spiro atoms. The molecular formula is C23H15BrFNO3. The Bertz CT molecular complexity index is 1140. The molecular weight excluding hydrogens is 437 g/mol. The summed E-state index contributed by atoms with van der Waals surface area (Å²) in [6.45, 7) is 0.0722. The zero-order valence-electron chi connectivity index (χ0n) is 15.1. The second kappa shape index (κ2) is 8.41. The SMILES string of the molecule is O=C1OC(c2ccccc2Br)=N/C1=C\c1ccccc1OCc1ccccc1F. The summed E-state index contributed by atoms with van der Waals surface area (Å²) in [6, 6.07) is 21.0. The maximum absolute atomic E-state index is 13.8. The van der Waals surface area contributed by atoms with Crippen LogP contribution in [-0.4, -0.2) is 11.9 Å². The Morgan fingerprint density at radius 1 is 1.00 bits per heavy atom. The van der Waals surface area contributed by atoms with Crippen molar-refractivity contribution in [1.82, 2.24) is 0 Å². The second-order valence-corrected chi connectivity index (χ2v) is 7.09. The van der Waals surface area contributed by atoms with Crippen molar-refractivity contribution in [2.24, 2.45) is 4.99 Å². The number of benzene rings is 3. The molecule has 0 N–H and O–H groups in total. The lowest BCUT2D eigenvalue weighted by molar-refractivity contribution is -0.129. The number of hydrogen-bond acceptors (Lipinski definition) is 4. The van der Waals surface area contributed by atoms with Gasteiger partial charge in [0.1, 0.15) is 18.2 Å². The molecule has 144 valence electrons. The summed E-state index contributed by atoms with van der Waals surface area (Å²) in [7, 11) is 0. The smallest absolute Gasteiger partial charge is 0.363 e. The highest BCUT2D eigenvalue weighted by Gasteiger charge is 2.25. The van der Waals surface area contributed by atoms with Gasteiger partial charge in [0, 0.05) is 15.6 Å². The van der Waals surface area contributed by atoms with Gasteiger partial charge in [-0.3, -0.25) is 0 Å². The zero-order valence-corrected chi connectivity index (χ0v) is 16.7. The van der Waals surface area contributed by atoms with Crippen LogP contribution in [0, 0.1) is 5.82 Å². The third kappa shape index (κ3) is 4.27. The van der Waals surface area contributed by atoms with E-state index in [1.54, 1.807) is 42.5 Å². The minimum Gasteiger partial charge on any atom is -0.488 e. The molecule has 6 heteroatoms. The fourth-order valence-corrected chi connectivity index (χ4v) is 3.26. The molecule has 1 aliphatic heterocycles. The number of halogens is 2. The maximum atomic E-state index is 13.8. The lowest BCUT2D eigenvalue weighted by Gasteiger charge is -2.10. The topological polar surface area (TPSA) is 47.9 Å². The van der Waals surface area contributed by atoms with Gasteiger partial charge in [-0.05, 0) is 46.3 Å². The number of rotatable bonds is 5. The van der Waals surface area contributed by atoms with Crippen molar-refractivity contribution in [2.75, 3.05) is 0 Å². The molecule has 0 unspecified atom stereocenters. The van der Waals surface area contributed by atoms with E-state index < -0.39 is 5.97 Å². The summed E-state index contributed by atoms with van der Waals surface area (Å²) in [4.78, 5) is 16.6. The number of ether oxygens (including phenoxy) is 2. The summed E-state index contributed by atoms with van der Waals surface area (Å²) in [6.07, 6.45) is 1.60. The van der Waals surface area contributed by atoms with Crippen molar-refractivity contribution >= 4 is 33.9 Å². The van der Waals surface area contributed by atoms with E-state index in [2.05, 4.69) is 20.9 Å². The molecule has 3 aromatic carbocycles. The average Bonchev–Trinajstić information content (AvgIpc) is 3.09. The fraction of sp³-hybridized carbons (Fsp3) is 0.0435. The highest BCUT2D eigenvalue weighted by Crippen LogP contribution is 2.27. The fourth-order valence-electron chi connectivity index (χ4n) is 2.81. The Kier molecular flexibility index (Phi) is 5.53. The molecule has 3 aromatic rings. The van der Waals surface area contributed by atoms with Crippen molar-refractivity contribution in [3.8, 4) is 5.75 Å². The van der Waals surface area contributed by atoms with E-state index in [-0.39, 0.29) is 24.0 Å². The lowest BCUT2D eigenvalue weighted by atomic mass is 10.1. The van der Waals surface area contributed by atoms with Gasteiger partial charge in [0.25, 0.3) is 0 Å². The third-order valence-corrected chi connectivity index (χ3v) is 4.97. The number of carbonyl (C=O) groups excluding carboxylic acids is 1. The predicted octanol–water partition coefficient (Wildman–Crippen LogP) is 5.51. The van der Waals surface area contributed by atoms with Gasteiger partial charge in [-0.15, -0.1) is 0 Å². The van der Waals surface area contributed by atoms with Crippen LogP contribution in [0.2, 0.25) is 0 Å². The van der Waals surface area contributed by atoms with Gasteiger partial charge in [0.15, 0.2) is 5.70 Å². The Morgan fingerprint density at radius 3 is 2.55 bits per heavy atom. The normalized spacial score (nSPS) is 14.6. The van der Waals surface area contributed by atoms with Crippen LogP contribution in [0.25, 0.3) is 6.08 Å². The highest BCUT2D eigenvalue weighted by molar-refractivity contribution is 9.10. The summed E-state index contributed by atoms with van der Waals surface area (Å²) in [5.74, 6) is -0.121. The van der Waals surface area contributed by atoms with Gasteiger partial charge in [-0.1, -0.05) is 48.5 Å². The number of para-hydroxylation sites is 1. The largest absolute Gasteiger partial charge is 0.488 e. The average molecular weight is 452 g/mol. The van der Waals surface area contributed by atoms with Gasteiger partial charge >= 0.3 is 5.97 Å². The van der Waals surface area contributed by atoms with E-state index >= 15 is 0 Å². The van der Waals surface area contributed by atoms with Crippen LogP contribution in [-0.2, 0) is 16.1 Å². The molecule has 0 aromatic heterocycles. The van der Waals surface area contributed by atoms with Crippen molar-refractivity contribution in [1.29, 1.82) is 0 Å². The van der Waals surface area contributed by atoms with Crippen molar-refractivity contribution in [3.63, 3.8) is 0 Å². The van der Waals surface area contributed by atoms with Gasteiger partial charge in [0.05, 0.1) is 5.56 Å². The quantitative estimate of drug-likeness (QED) is 0.379. The van der Waals surface area contributed by atoms with Gasteiger partial charge in [0.2, 0.25) is 5.90 Å². The van der Waals surface area contributed by atoms with E-state index in [0.717, 1.165) is 4.47 Å². The summed E-state index contributed by atoms with van der Waals surface area (Å²) in [5, 5.41) is 0. The standard InChI is InChI=1S/C23H15BrFNO3/c24-18-10-4-3-9-17(18)22-26-20(23(27)29-22)13-15-7-2-6-12-21(15)28-14-16-8-1-5-11-19(16)25/h1-13H,14H2/b20-13-. The summed E-state index contributed by atoms with van der Waals surface area (Å²) >= 11 is 3.43.